The molecule has 0 aliphatic carbocycles. The summed E-state index contributed by atoms with van der Waals surface area (Å²) in [7, 11) is -1.95. The lowest BCUT2D eigenvalue weighted by Crippen LogP contribution is -2.36. The van der Waals surface area contributed by atoms with E-state index < -0.39 is 19.5 Å². The summed E-state index contributed by atoms with van der Waals surface area (Å²) in [4.78, 5) is 11.8. The molecule has 0 saturated carbocycles. The minimum atomic E-state index is -3.37. The third kappa shape index (κ3) is 6.29. The fraction of sp³-hybridized carbons (Fsp3) is 0.500. The van der Waals surface area contributed by atoms with Crippen LogP contribution in [0, 0.1) is 0 Å². The number of benzene rings is 1. The molecule has 0 aromatic heterocycles. The number of hydrogen-bond acceptors (Lipinski definition) is 5. The summed E-state index contributed by atoms with van der Waals surface area (Å²) in [6, 6.07) is 7.95. The number of para-hydroxylation sites is 1. The average Bonchev–Trinajstić information content (AvgIpc) is 2.38. The van der Waals surface area contributed by atoms with Crippen molar-refractivity contribution in [2.45, 2.75) is 32.9 Å². The fourth-order valence-corrected chi connectivity index (χ4v) is 3.27. The van der Waals surface area contributed by atoms with Crippen LogP contribution >= 0.6 is 7.52 Å². The molecule has 0 amide bonds. The number of ether oxygens (including phenoxy) is 2. The molecule has 6 nitrogen and oxygen atoms in total. The van der Waals surface area contributed by atoms with Gasteiger partial charge >= 0.3 is 13.5 Å². The highest BCUT2D eigenvalue weighted by atomic mass is 31.2. The topological polar surface area (TPSA) is 73.9 Å². The summed E-state index contributed by atoms with van der Waals surface area (Å²) in [5.74, 6) is -0.0483. The highest BCUT2D eigenvalue weighted by molar-refractivity contribution is 7.57. The molecule has 1 rings (SSSR count). The zero-order chi connectivity index (χ0) is 15.9. The van der Waals surface area contributed by atoms with Gasteiger partial charge in [0.05, 0.1) is 6.10 Å². The maximum atomic E-state index is 12.7. The first-order valence-electron chi connectivity index (χ1n) is 6.67. The van der Waals surface area contributed by atoms with Crippen molar-refractivity contribution in [2.24, 2.45) is 0 Å². The highest BCUT2D eigenvalue weighted by Crippen LogP contribution is 2.43. The van der Waals surface area contributed by atoms with Gasteiger partial charge in [0.25, 0.3) is 0 Å². The lowest BCUT2D eigenvalue weighted by molar-refractivity contribution is -0.149. The van der Waals surface area contributed by atoms with Crippen LogP contribution in [0.15, 0.2) is 30.3 Å². The molecule has 0 heterocycles. The van der Waals surface area contributed by atoms with Crippen molar-refractivity contribution in [3.8, 4) is 5.75 Å². The predicted octanol–water partition coefficient (Wildman–Crippen LogP) is 2.79. The molecular weight excluding hydrogens is 293 g/mol. The summed E-state index contributed by atoms with van der Waals surface area (Å²) >= 11 is 0. The third-order valence-corrected chi connectivity index (χ3v) is 4.28. The zero-order valence-corrected chi connectivity index (χ0v) is 13.6. The fourth-order valence-electron chi connectivity index (χ4n) is 1.59. The Labute approximate surface area is 125 Å². The molecule has 7 heteroatoms. The number of esters is 1. The third-order valence-electron chi connectivity index (χ3n) is 2.39. The summed E-state index contributed by atoms with van der Waals surface area (Å²) in [5, 5.41) is 2.68. The van der Waals surface area contributed by atoms with E-state index in [1.165, 1.54) is 7.11 Å². The van der Waals surface area contributed by atoms with Gasteiger partial charge in [-0.3, -0.25) is 9.36 Å². The number of methoxy groups -OCH3 is 1. The largest absolute Gasteiger partial charge is 0.462 e. The first kappa shape index (κ1) is 17.7. The molecule has 0 radical (unpaired) electrons. The molecule has 1 aromatic rings. The quantitative estimate of drug-likeness (QED) is 0.587. The second-order valence-corrected chi connectivity index (χ2v) is 6.88. The smallest absolute Gasteiger partial charge is 0.342 e. The molecule has 1 unspecified atom stereocenters. The van der Waals surface area contributed by atoms with Gasteiger partial charge in [0.15, 0.2) is 0 Å². The number of rotatable bonds is 8. The van der Waals surface area contributed by atoms with Gasteiger partial charge in [0.2, 0.25) is 0 Å². The molecule has 21 heavy (non-hydrogen) atoms. The van der Waals surface area contributed by atoms with Gasteiger partial charge in [-0.05, 0) is 32.9 Å². The van der Waals surface area contributed by atoms with Crippen LogP contribution in [0.5, 0.6) is 5.75 Å². The van der Waals surface area contributed by atoms with Crippen LogP contribution in [0.3, 0.4) is 0 Å². The van der Waals surface area contributed by atoms with Crippen molar-refractivity contribution in [1.29, 1.82) is 0 Å². The Morgan fingerprint density at radius 1 is 1.24 bits per heavy atom. The normalized spacial score (nSPS) is 15.3. The average molecular weight is 315 g/mol. The minimum Gasteiger partial charge on any atom is -0.462 e. The van der Waals surface area contributed by atoms with E-state index >= 15 is 0 Å². The standard InChI is InChI=1S/C14H22NO5P/c1-11(2)19-14(16)12(3)15-21(17,10-18-4)20-13-8-6-5-7-9-13/h5-9,11-12H,10H2,1-4H3,(H,15,17)/t12-,21?/m1/s1. The molecule has 0 fully saturated rings. The van der Waals surface area contributed by atoms with E-state index in [9.17, 15) is 9.36 Å². The van der Waals surface area contributed by atoms with E-state index in [1.807, 2.05) is 6.07 Å². The van der Waals surface area contributed by atoms with Crippen molar-refractivity contribution in [3.63, 3.8) is 0 Å². The van der Waals surface area contributed by atoms with Crippen LogP contribution in [0.1, 0.15) is 20.8 Å². The monoisotopic (exact) mass is 315 g/mol. The summed E-state index contributed by atoms with van der Waals surface area (Å²) in [5.41, 5.74) is 0. The first-order valence-corrected chi connectivity index (χ1v) is 8.48. The maximum absolute atomic E-state index is 12.7. The molecule has 0 spiro atoms. The lowest BCUT2D eigenvalue weighted by atomic mass is 10.3. The van der Waals surface area contributed by atoms with E-state index in [0.717, 1.165) is 0 Å². The molecule has 0 aliphatic rings. The van der Waals surface area contributed by atoms with Crippen molar-refractivity contribution < 1.29 is 23.4 Å². The lowest BCUT2D eigenvalue weighted by Gasteiger charge is -2.23. The van der Waals surface area contributed by atoms with E-state index in [-0.39, 0.29) is 12.5 Å². The van der Waals surface area contributed by atoms with Gasteiger partial charge < -0.3 is 14.0 Å². The number of nitrogens with one attached hydrogen (secondary N) is 1. The molecule has 118 valence electrons. The van der Waals surface area contributed by atoms with Gasteiger partial charge in [-0.1, -0.05) is 18.2 Å². The van der Waals surface area contributed by atoms with Gasteiger partial charge in [-0.15, -0.1) is 0 Å². The van der Waals surface area contributed by atoms with Crippen LogP contribution in [-0.2, 0) is 18.8 Å². The Balaban J connectivity index is 2.76. The molecule has 0 aliphatic heterocycles. The Morgan fingerprint density at radius 2 is 1.86 bits per heavy atom. The van der Waals surface area contributed by atoms with Gasteiger partial charge in [0.1, 0.15) is 18.1 Å². The van der Waals surface area contributed by atoms with Crippen LogP contribution in [0.4, 0.5) is 0 Å². The Bertz CT molecular complexity index is 491. The number of carbonyl (C=O) groups excluding carboxylic acids is 1. The second kappa shape index (κ2) is 8.17. The maximum Gasteiger partial charge on any atom is 0.342 e. The van der Waals surface area contributed by atoms with Gasteiger partial charge in [-0.25, -0.2) is 5.09 Å². The molecule has 0 saturated heterocycles. The van der Waals surface area contributed by atoms with E-state index in [2.05, 4.69) is 5.09 Å². The predicted molar refractivity (Wildman–Crippen MR) is 80.4 cm³/mol. The number of hydrogen-bond donors (Lipinski definition) is 1. The Hall–Kier alpha value is -1.36. The SMILES string of the molecule is COCP(=O)(N[C@H](C)C(=O)OC(C)C)Oc1ccccc1. The van der Waals surface area contributed by atoms with Crippen molar-refractivity contribution in [1.82, 2.24) is 5.09 Å². The minimum absolute atomic E-state index is 0.152. The Morgan fingerprint density at radius 3 is 2.38 bits per heavy atom. The van der Waals surface area contributed by atoms with Gasteiger partial charge in [-0.2, -0.15) is 0 Å². The number of carbonyl (C=O) groups is 1. The highest BCUT2D eigenvalue weighted by Gasteiger charge is 2.30. The van der Waals surface area contributed by atoms with Crippen LogP contribution in [-0.4, -0.2) is 31.6 Å². The molecule has 0 bridgehead atoms. The molecular formula is C14H22NO5P. The summed E-state index contributed by atoms with van der Waals surface area (Å²) < 4.78 is 28.2. The molecule has 1 aromatic carbocycles. The van der Waals surface area contributed by atoms with Crippen LogP contribution in [0.2, 0.25) is 0 Å². The first-order chi connectivity index (χ1) is 9.86. The molecule has 1 N–H and O–H groups in total. The van der Waals surface area contributed by atoms with Gasteiger partial charge in [0, 0.05) is 7.11 Å². The van der Waals surface area contributed by atoms with Crippen molar-refractivity contribution in [2.75, 3.05) is 13.5 Å². The second-order valence-electron chi connectivity index (χ2n) is 4.83. The van der Waals surface area contributed by atoms with Crippen molar-refractivity contribution >= 4 is 13.5 Å². The van der Waals surface area contributed by atoms with Crippen LogP contribution < -0.4 is 9.61 Å². The summed E-state index contributed by atoms with van der Waals surface area (Å²) in [6.45, 7) is 5.07. The van der Waals surface area contributed by atoms with Crippen LogP contribution in [0.25, 0.3) is 0 Å². The molecule has 2 atom stereocenters. The van der Waals surface area contributed by atoms with Crippen molar-refractivity contribution in [3.05, 3.63) is 30.3 Å². The zero-order valence-electron chi connectivity index (χ0n) is 12.7. The van der Waals surface area contributed by atoms with E-state index in [0.29, 0.717) is 5.75 Å². The Kier molecular flexibility index (Phi) is 6.89. The summed E-state index contributed by atoms with van der Waals surface area (Å²) in [6.07, 6.45) is -0.389. The van der Waals surface area contributed by atoms with E-state index in [4.69, 9.17) is 14.0 Å². The van der Waals surface area contributed by atoms with E-state index in [1.54, 1.807) is 45.0 Å².